The summed E-state index contributed by atoms with van der Waals surface area (Å²) < 4.78 is 7.91. The molecule has 1 heterocycles. The van der Waals surface area contributed by atoms with E-state index in [-0.39, 0.29) is 6.10 Å². The third-order valence-corrected chi connectivity index (χ3v) is 2.96. The van der Waals surface area contributed by atoms with Gasteiger partial charge in [0.15, 0.2) is 0 Å². The van der Waals surface area contributed by atoms with Crippen molar-refractivity contribution in [1.82, 2.24) is 15.1 Å². The van der Waals surface area contributed by atoms with Gasteiger partial charge in [0.2, 0.25) is 5.88 Å². The molecule has 0 bridgehead atoms. The van der Waals surface area contributed by atoms with Crippen molar-refractivity contribution in [3.8, 4) is 5.88 Å². The summed E-state index contributed by atoms with van der Waals surface area (Å²) in [5.74, 6) is 1.55. The third-order valence-electron chi connectivity index (χ3n) is 2.96. The van der Waals surface area contributed by atoms with Gasteiger partial charge in [-0.2, -0.15) is 5.10 Å². The van der Waals surface area contributed by atoms with Crippen LogP contribution in [-0.2, 0) is 13.6 Å². The molecule has 4 heteroatoms. The predicted molar refractivity (Wildman–Crippen MR) is 74.9 cm³/mol. The maximum absolute atomic E-state index is 6.07. The molecule has 1 unspecified atom stereocenters. The second kappa shape index (κ2) is 6.78. The zero-order chi connectivity index (χ0) is 13.7. The largest absolute Gasteiger partial charge is 0.475 e. The van der Waals surface area contributed by atoms with Crippen LogP contribution < -0.4 is 10.1 Å². The maximum Gasteiger partial charge on any atom is 0.216 e. The Morgan fingerprint density at radius 3 is 2.56 bits per heavy atom. The molecular formula is C14H27N3O. The molecule has 0 amide bonds. The number of aromatic nitrogens is 2. The molecule has 0 fully saturated rings. The fraction of sp³-hybridized carbons (Fsp3) is 0.786. The number of hydrogen-bond donors (Lipinski definition) is 1. The van der Waals surface area contributed by atoms with E-state index in [9.17, 15) is 0 Å². The van der Waals surface area contributed by atoms with E-state index in [0.717, 1.165) is 31.1 Å². The van der Waals surface area contributed by atoms with E-state index < -0.39 is 0 Å². The van der Waals surface area contributed by atoms with Crippen molar-refractivity contribution < 1.29 is 4.74 Å². The third kappa shape index (κ3) is 4.02. The highest BCUT2D eigenvalue weighted by atomic mass is 16.5. The van der Waals surface area contributed by atoms with Gasteiger partial charge >= 0.3 is 0 Å². The highest BCUT2D eigenvalue weighted by molar-refractivity contribution is 5.31. The average molecular weight is 253 g/mol. The summed E-state index contributed by atoms with van der Waals surface area (Å²) in [4.78, 5) is 0. The van der Waals surface area contributed by atoms with Crippen molar-refractivity contribution in [1.29, 1.82) is 0 Å². The van der Waals surface area contributed by atoms with Crippen LogP contribution in [0.4, 0.5) is 0 Å². The second-order valence-electron chi connectivity index (χ2n) is 5.33. The van der Waals surface area contributed by atoms with Crippen molar-refractivity contribution in [3.05, 3.63) is 11.3 Å². The lowest BCUT2D eigenvalue weighted by atomic mass is 10.1. The van der Waals surface area contributed by atoms with Crippen molar-refractivity contribution in [2.45, 2.75) is 53.7 Å². The summed E-state index contributed by atoms with van der Waals surface area (Å²) in [6.07, 6.45) is 1.28. The molecule has 0 saturated carbocycles. The molecule has 18 heavy (non-hydrogen) atoms. The minimum Gasteiger partial charge on any atom is -0.475 e. The smallest absolute Gasteiger partial charge is 0.216 e. The van der Waals surface area contributed by atoms with Gasteiger partial charge in [-0.05, 0) is 32.7 Å². The molecule has 1 N–H and O–H groups in total. The molecule has 0 aliphatic heterocycles. The summed E-state index contributed by atoms with van der Waals surface area (Å²) in [7, 11) is 1.94. The van der Waals surface area contributed by atoms with Crippen molar-refractivity contribution in [3.63, 3.8) is 0 Å². The standard InChI is InChI=1S/C14H27N3O/c1-7-15-9-13-12(5)16-17(6)14(13)18-11(4)8-10(2)3/h10-11,15H,7-9H2,1-6H3. The van der Waals surface area contributed by atoms with E-state index >= 15 is 0 Å². The van der Waals surface area contributed by atoms with Crippen LogP contribution in [0, 0.1) is 12.8 Å². The molecule has 0 aromatic carbocycles. The minimum absolute atomic E-state index is 0.222. The van der Waals surface area contributed by atoms with Crippen molar-refractivity contribution >= 4 is 0 Å². The van der Waals surface area contributed by atoms with Gasteiger partial charge in [0.25, 0.3) is 0 Å². The van der Waals surface area contributed by atoms with E-state index in [1.54, 1.807) is 0 Å². The van der Waals surface area contributed by atoms with Gasteiger partial charge in [0, 0.05) is 13.6 Å². The first-order valence-electron chi connectivity index (χ1n) is 6.85. The monoisotopic (exact) mass is 253 g/mol. The molecular weight excluding hydrogens is 226 g/mol. The van der Waals surface area contributed by atoms with Crippen LogP contribution in [0.25, 0.3) is 0 Å². The van der Waals surface area contributed by atoms with Gasteiger partial charge in [-0.1, -0.05) is 20.8 Å². The molecule has 1 rings (SSSR count). The Kier molecular flexibility index (Phi) is 5.66. The topological polar surface area (TPSA) is 39.1 Å². The molecule has 0 saturated heterocycles. The Hall–Kier alpha value is -1.03. The van der Waals surface area contributed by atoms with Crippen LogP contribution in [0.1, 0.15) is 45.4 Å². The first kappa shape index (κ1) is 15.0. The van der Waals surface area contributed by atoms with E-state index in [0.29, 0.717) is 5.92 Å². The number of nitrogens with one attached hydrogen (secondary N) is 1. The van der Waals surface area contributed by atoms with Crippen LogP contribution in [0.2, 0.25) is 0 Å². The molecule has 1 atom stereocenters. The van der Waals surface area contributed by atoms with Gasteiger partial charge in [-0.15, -0.1) is 0 Å². The lowest BCUT2D eigenvalue weighted by molar-refractivity contribution is 0.175. The summed E-state index contributed by atoms with van der Waals surface area (Å²) in [6.45, 7) is 12.5. The van der Waals surface area contributed by atoms with Gasteiger partial charge in [-0.3, -0.25) is 0 Å². The molecule has 0 aliphatic carbocycles. The van der Waals surface area contributed by atoms with Gasteiger partial charge in [-0.25, -0.2) is 4.68 Å². The normalized spacial score (nSPS) is 13.1. The molecule has 0 spiro atoms. The van der Waals surface area contributed by atoms with Gasteiger partial charge in [0.1, 0.15) is 0 Å². The summed E-state index contributed by atoms with van der Waals surface area (Å²) in [5, 5.41) is 7.79. The van der Waals surface area contributed by atoms with Gasteiger partial charge in [0.05, 0.1) is 17.4 Å². The summed E-state index contributed by atoms with van der Waals surface area (Å²) in [5.41, 5.74) is 2.22. The SMILES string of the molecule is CCNCc1c(C)nn(C)c1OC(C)CC(C)C. The lowest BCUT2D eigenvalue weighted by Crippen LogP contribution is -2.19. The fourth-order valence-corrected chi connectivity index (χ4v) is 2.18. The van der Waals surface area contributed by atoms with Crippen LogP contribution in [-0.4, -0.2) is 22.4 Å². The Morgan fingerprint density at radius 2 is 2.00 bits per heavy atom. The number of ether oxygens (including phenoxy) is 1. The summed E-state index contributed by atoms with van der Waals surface area (Å²) in [6, 6.07) is 0. The van der Waals surface area contributed by atoms with Crippen LogP contribution >= 0.6 is 0 Å². The van der Waals surface area contributed by atoms with E-state index in [1.165, 1.54) is 5.56 Å². The second-order valence-corrected chi connectivity index (χ2v) is 5.33. The first-order valence-corrected chi connectivity index (χ1v) is 6.85. The van der Waals surface area contributed by atoms with Gasteiger partial charge < -0.3 is 10.1 Å². The summed E-state index contributed by atoms with van der Waals surface area (Å²) >= 11 is 0. The first-order chi connectivity index (χ1) is 8.45. The van der Waals surface area contributed by atoms with Crippen molar-refractivity contribution in [2.24, 2.45) is 13.0 Å². The average Bonchev–Trinajstić information content (AvgIpc) is 2.50. The predicted octanol–water partition coefficient (Wildman–Crippen LogP) is 2.65. The molecule has 0 radical (unpaired) electrons. The number of hydrogen-bond acceptors (Lipinski definition) is 3. The molecule has 1 aromatic heterocycles. The van der Waals surface area contributed by atoms with E-state index in [1.807, 2.05) is 18.7 Å². The molecule has 4 nitrogen and oxygen atoms in total. The zero-order valence-corrected chi connectivity index (χ0v) is 12.6. The van der Waals surface area contributed by atoms with Crippen molar-refractivity contribution in [2.75, 3.05) is 6.54 Å². The lowest BCUT2D eigenvalue weighted by Gasteiger charge is -2.18. The molecule has 0 aliphatic rings. The fourth-order valence-electron chi connectivity index (χ4n) is 2.18. The highest BCUT2D eigenvalue weighted by Gasteiger charge is 2.17. The van der Waals surface area contributed by atoms with Crippen LogP contribution in [0.5, 0.6) is 5.88 Å². The highest BCUT2D eigenvalue weighted by Crippen LogP contribution is 2.23. The maximum atomic E-state index is 6.07. The minimum atomic E-state index is 0.222. The zero-order valence-electron chi connectivity index (χ0n) is 12.6. The van der Waals surface area contributed by atoms with E-state index in [2.05, 4.69) is 38.1 Å². The number of nitrogens with zero attached hydrogens (tertiary/aromatic N) is 2. The molecule has 1 aromatic rings. The number of aryl methyl sites for hydroxylation is 2. The Balaban J connectivity index is 2.79. The number of rotatable bonds is 7. The van der Waals surface area contributed by atoms with Crippen LogP contribution in [0.15, 0.2) is 0 Å². The Labute approximate surface area is 111 Å². The van der Waals surface area contributed by atoms with Crippen LogP contribution in [0.3, 0.4) is 0 Å². The quantitative estimate of drug-likeness (QED) is 0.812. The Morgan fingerprint density at radius 1 is 1.33 bits per heavy atom. The Bertz CT molecular complexity index is 371. The molecule has 104 valence electrons. The van der Waals surface area contributed by atoms with E-state index in [4.69, 9.17) is 4.74 Å².